The minimum atomic E-state index is -1.30. The third-order valence-electron chi connectivity index (χ3n) is 7.55. The molecule has 1 fully saturated rings. The minimum Gasteiger partial charge on any atom is -0.508 e. The van der Waals surface area contributed by atoms with Crippen molar-refractivity contribution in [1.29, 1.82) is 0 Å². The van der Waals surface area contributed by atoms with Crippen molar-refractivity contribution in [3.63, 3.8) is 0 Å². The first-order valence-corrected chi connectivity index (χ1v) is 10.7. The van der Waals surface area contributed by atoms with Gasteiger partial charge in [0.25, 0.3) is 0 Å². The zero-order valence-corrected chi connectivity index (χ0v) is 17.7. The van der Waals surface area contributed by atoms with Crippen LogP contribution in [0.5, 0.6) is 5.75 Å². The Bertz CT molecular complexity index is 883. The van der Waals surface area contributed by atoms with E-state index in [2.05, 4.69) is 6.92 Å². The lowest BCUT2D eigenvalue weighted by molar-refractivity contribution is -0.219. The molecular weight excluding hydrogens is 362 g/mol. The van der Waals surface area contributed by atoms with Gasteiger partial charge in [0.05, 0.1) is 0 Å². The zero-order chi connectivity index (χ0) is 20.9. The Morgan fingerprint density at radius 1 is 1.07 bits per heavy atom. The Morgan fingerprint density at radius 2 is 1.79 bits per heavy atom. The van der Waals surface area contributed by atoms with Crippen molar-refractivity contribution >= 4 is 0 Å². The second-order valence-electron chi connectivity index (χ2n) is 9.46. The van der Waals surface area contributed by atoms with E-state index >= 15 is 0 Å². The van der Waals surface area contributed by atoms with Gasteiger partial charge in [-0.15, -0.1) is 0 Å². The van der Waals surface area contributed by atoms with Gasteiger partial charge in [-0.1, -0.05) is 43.3 Å². The molecule has 4 nitrogen and oxygen atoms in total. The molecule has 4 heteroatoms. The summed E-state index contributed by atoms with van der Waals surface area (Å²) >= 11 is 0. The number of benzene rings is 2. The van der Waals surface area contributed by atoms with Gasteiger partial charge in [0.1, 0.15) is 17.0 Å². The van der Waals surface area contributed by atoms with E-state index in [-0.39, 0.29) is 11.3 Å². The summed E-state index contributed by atoms with van der Waals surface area (Å²) in [5.41, 5.74) is 0.438. The summed E-state index contributed by atoms with van der Waals surface area (Å²) in [5.74, 6) is 0.575. The summed E-state index contributed by atoms with van der Waals surface area (Å²) in [5, 5.41) is 34.1. The highest BCUT2D eigenvalue weighted by Gasteiger charge is 2.62. The molecule has 0 aliphatic heterocycles. The van der Waals surface area contributed by atoms with Crippen molar-refractivity contribution in [3.05, 3.63) is 65.2 Å². The first-order chi connectivity index (χ1) is 13.7. The third-order valence-corrected chi connectivity index (χ3v) is 7.55. The van der Waals surface area contributed by atoms with Gasteiger partial charge in [-0.3, -0.25) is 0 Å². The number of aromatic hydroxyl groups is 1. The molecular formula is C25H33NO3. The molecule has 0 unspecified atom stereocenters. The Kier molecular flexibility index (Phi) is 5.01. The second kappa shape index (κ2) is 7.12. The molecule has 0 amide bonds. The van der Waals surface area contributed by atoms with Gasteiger partial charge in [-0.25, -0.2) is 0 Å². The second-order valence-corrected chi connectivity index (χ2v) is 9.46. The number of aryl methyl sites for hydroxylation is 1. The van der Waals surface area contributed by atoms with Crippen LogP contribution < -0.4 is 0 Å². The fourth-order valence-electron chi connectivity index (χ4n) is 6.26. The van der Waals surface area contributed by atoms with Crippen molar-refractivity contribution in [1.82, 2.24) is 4.90 Å². The van der Waals surface area contributed by atoms with Crippen molar-refractivity contribution in [2.45, 2.75) is 55.6 Å². The number of hydrogen-bond donors (Lipinski definition) is 3. The SMILES string of the molecule is CC[C@@]12C[C@](O)(CN(C)C)[C@](O)(c3ccccc3)C[C@H]1CCc1cc(O)ccc12. The number of nitrogens with zero attached hydrogens (tertiary/aromatic N) is 1. The van der Waals surface area contributed by atoms with E-state index in [0.29, 0.717) is 25.1 Å². The fourth-order valence-corrected chi connectivity index (χ4v) is 6.26. The highest BCUT2D eigenvalue weighted by atomic mass is 16.4. The molecule has 0 aromatic heterocycles. The predicted molar refractivity (Wildman–Crippen MR) is 115 cm³/mol. The van der Waals surface area contributed by atoms with Gasteiger partial charge in [0.2, 0.25) is 0 Å². The number of rotatable bonds is 4. The maximum Gasteiger partial charge on any atom is 0.120 e. The molecule has 156 valence electrons. The molecule has 0 saturated heterocycles. The van der Waals surface area contributed by atoms with Crippen molar-refractivity contribution in [2.75, 3.05) is 20.6 Å². The van der Waals surface area contributed by atoms with Crippen LogP contribution in [0, 0.1) is 5.92 Å². The molecule has 0 radical (unpaired) electrons. The fraction of sp³-hybridized carbons (Fsp3) is 0.520. The van der Waals surface area contributed by atoms with Crippen LogP contribution in [0.3, 0.4) is 0 Å². The topological polar surface area (TPSA) is 63.9 Å². The molecule has 0 heterocycles. The van der Waals surface area contributed by atoms with E-state index < -0.39 is 11.2 Å². The lowest BCUT2D eigenvalue weighted by Gasteiger charge is -2.60. The van der Waals surface area contributed by atoms with E-state index in [1.165, 1.54) is 11.1 Å². The summed E-state index contributed by atoms with van der Waals surface area (Å²) in [4.78, 5) is 1.97. The Morgan fingerprint density at radius 3 is 2.45 bits per heavy atom. The highest BCUT2D eigenvalue weighted by Crippen LogP contribution is 2.60. The van der Waals surface area contributed by atoms with Gasteiger partial charge in [-0.05, 0) is 80.9 Å². The Hall–Kier alpha value is -1.88. The van der Waals surface area contributed by atoms with Gasteiger partial charge in [0.15, 0.2) is 0 Å². The normalized spacial score (nSPS) is 33.9. The Balaban J connectivity index is 1.87. The van der Waals surface area contributed by atoms with E-state index in [0.717, 1.165) is 24.8 Å². The molecule has 2 aliphatic rings. The van der Waals surface area contributed by atoms with Gasteiger partial charge >= 0.3 is 0 Å². The molecule has 2 aromatic carbocycles. The van der Waals surface area contributed by atoms with Crippen molar-refractivity contribution in [3.8, 4) is 5.75 Å². The maximum atomic E-state index is 12.1. The van der Waals surface area contributed by atoms with E-state index in [4.69, 9.17) is 0 Å². The smallest absolute Gasteiger partial charge is 0.120 e. The van der Waals surface area contributed by atoms with Crippen LogP contribution in [0.25, 0.3) is 0 Å². The maximum absolute atomic E-state index is 12.1. The molecule has 0 spiro atoms. The monoisotopic (exact) mass is 395 g/mol. The number of hydrogen-bond acceptors (Lipinski definition) is 4. The average Bonchev–Trinajstić information content (AvgIpc) is 2.69. The molecule has 29 heavy (non-hydrogen) atoms. The van der Waals surface area contributed by atoms with Crippen LogP contribution in [-0.2, 0) is 17.4 Å². The molecule has 2 aliphatic carbocycles. The van der Waals surface area contributed by atoms with Gasteiger partial charge in [-0.2, -0.15) is 0 Å². The average molecular weight is 396 g/mol. The van der Waals surface area contributed by atoms with Crippen LogP contribution >= 0.6 is 0 Å². The van der Waals surface area contributed by atoms with Crippen LogP contribution in [0.4, 0.5) is 0 Å². The number of phenols is 1. The molecule has 4 atom stereocenters. The first-order valence-electron chi connectivity index (χ1n) is 10.7. The van der Waals surface area contributed by atoms with Crippen LogP contribution in [0.2, 0.25) is 0 Å². The number of likely N-dealkylation sites (N-methyl/N-ethyl adjacent to an activating group) is 1. The van der Waals surface area contributed by atoms with Gasteiger partial charge in [0, 0.05) is 12.0 Å². The minimum absolute atomic E-state index is 0.201. The summed E-state index contributed by atoms with van der Waals surface area (Å²) < 4.78 is 0. The van der Waals surface area contributed by atoms with Crippen LogP contribution in [0.1, 0.15) is 49.3 Å². The summed E-state index contributed by atoms with van der Waals surface area (Å²) in [6, 6.07) is 15.4. The lowest BCUT2D eigenvalue weighted by atomic mass is 9.48. The quantitative estimate of drug-likeness (QED) is 0.740. The summed E-state index contributed by atoms with van der Waals surface area (Å²) in [7, 11) is 3.89. The number of phenolic OH excluding ortho intramolecular Hbond substituents is 1. The van der Waals surface area contributed by atoms with E-state index in [1.807, 2.05) is 61.5 Å². The zero-order valence-electron chi connectivity index (χ0n) is 17.7. The standard InChI is InChI=1S/C25H33NO3/c1-4-23-16-24(28,17-26(2)3)25(29,19-8-6-5-7-9-19)15-20(23)11-10-18-14-21(27)12-13-22(18)23/h5-9,12-14,20,27-29H,4,10-11,15-17H2,1-3H3/t20-,23-,24+,25-/m1/s1. The van der Waals surface area contributed by atoms with Crippen LogP contribution in [0.15, 0.2) is 48.5 Å². The molecule has 3 N–H and O–H groups in total. The largest absolute Gasteiger partial charge is 0.508 e. The van der Waals surface area contributed by atoms with E-state index in [9.17, 15) is 15.3 Å². The highest BCUT2D eigenvalue weighted by molar-refractivity contribution is 5.45. The van der Waals surface area contributed by atoms with Gasteiger partial charge < -0.3 is 20.2 Å². The molecule has 1 saturated carbocycles. The van der Waals surface area contributed by atoms with E-state index in [1.54, 1.807) is 6.07 Å². The Labute approximate surface area is 173 Å². The number of fused-ring (bicyclic) bond motifs is 3. The molecule has 0 bridgehead atoms. The number of aliphatic hydroxyl groups is 2. The summed E-state index contributed by atoms with van der Waals surface area (Å²) in [6.45, 7) is 2.58. The summed E-state index contributed by atoms with van der Waals surface area (Å²) in [6.07, 6.45) is 3.79. The van der Waals surface area contributed by atoms with Crippen LogP contribution in [-0.4, -0.2) is 46.5 Å². The van der Waals surface area contributed by atoms with Crippen molar-refractivity contribution in [2.24, 2.45) is 5.92 Å². The third kappa shape index (κ3) is 3.09. The first kappa shape index (κ1) is 20.4. The molecule has 4 rings (SSSR count). The lowest BCUT2D eigenvalue weighted by Crippen LogP contribution is -2.66. The predicted octanol–water partition coefficient (Wildman–Crippen LogP) is 3.58. The molecule has 2 aromatic rings. The van der Waals surface area contributed by atoms with Crippen molar-refractivity contribution < 1.29 is 15.3 Å².